The molecule has 0 saturated heterocycles. The molecule has 0 aromatic heterocycles. The Morgan fingerprint density at radius 3 is 2.65 bits per heavy atom. The Morgan fingerprint density at radius 1 is 1.19 bits per heavy atom. The van der Waals surface area contributed by atoms with Crippen molar-refractivity contribution in [3.8, 4) is 0 Å². The highest BCUT2D eigenvalue weighted by molar-refractivity contribution is 6.33. The van der Waals surface area contributed by atoms with E-state index in [1.165, 1.54) is 10.5 Å². The van der Waals surface area contributed by atoms with Crippen molar-refractivity contribution < 1.29 is 9.59 Å². The van der Waals surface area contributed by atoms with E-state index in [1.807, 2.05) is 18.2 Å². The maximum Gasteiger partial charge on any atom is 0.244 e. The third kappa shape index (κ3) is 3.99. The fraction of sp³-hybridized carbons (Fsp3) is 0.300. The van der Waals surface area contributed by atoms with E-state index in [2.05, 4.69) is 23.2 Å². The Morgan fingerprint density at radius 2 is 1.88 bits per heavy atom. The molecule has 1 aliphatic rings. The summed E-state index contributed by atoms with van der Waals surface area (Å²) in [6.45, 7) is 2.35. The number of halogens is 1. The van der Waals surface area contributed by atoms with E-state index in [0.29, 0.717) is 10.7 Å². The van der Waals surface area contributed by atoms with Crippen LogP contribution in [0.3, 0.4) is 0 Å². The normalized spacial score (nSPS) is 15.5. The van der Waals surface area contributed by atoms with Crippen LogP contribution in [-0.2, 0) is 16.0 Å². The van der Waals surface area contributed by atoms with Gasteiger partial charge in [0, 0.05) is 18.8 Å². The highest BCUT2D eigenvalue weighted by Gasteiger charge is 2.28. The van der Waals surface area contributed by atoms with Gasteiger partial charge in [0.1, 0.15) is 0 Å². The van der Waals surface area contributed by atoms with E-state index < -0.39 is 0 Å². The number of nitrogens with one attached hydrogen (secondary N) is 1. The molecule has 136 valence electrons. The van der Waals surface area contributed by atoms with Gasteiger partial charge in [0.25, 0.3) is 0 Å². The first-order valence-electron chi connectivity index (χ1n) is 8.58. The third-order valence-electron chi connectivity index (χ3n) is 4.61. The lowest BCUT2D eigenvalue weighted by atomic mass is 10.1. The van der Waals surface area contributed by atoms with Gasteiger partial charge in [-0.15, -0.1) is 0 Å². The van der Waals surface area contributed by atoms with Crippen LogP contribution >= 0.6 is 11.6 Å². The molecule has 2 aromatic carbocycles. The maximum atomic E-state index is 12.6. The van der Waals surface area contributed by atoms with Gasteiger partial charge in [-0.1, -0.05) is 41.9 Å². The molecule has 6 heteroatoms. The van der Waals surface area contributed by atoms with Crippen molar-refractivity contribution in [1.82, 2.24) is 4.90 Å². The van der Waals surface area contributed by atoms with E-state index in [9.17, 15) is 9.59 Å². The number of carbonyl (C=O) groups excluding carboxylic acids is 2. The van der Waals surface area contributed by atoms with Gasteiger partial charge in [-0.25, -0.2) is 0 Å². The molecule has 0 aliphatic carbocycles. The zero-order chi connectivity index (χ0) is 18.7. The maximum absolute atomic E-state index is 12.6. The molecular weight excluding hydrogens is 350 g/mol. The van der Waals surface area contributed by atoms with Crippen molar-refractivity contribution in [2.24, 2.45) is 0 Å². The molecule has 2 amide bonds. The molecule has 0 bridgehead atoms. The van der Waals surface area contributed by atoms with Crippen LogP contribution in [0, 0.1) is 0 Å². The minimum Gasteiger partial charge on any atom is -0.359 e. The lowest BCUT2D eigenvalue weighted by molar-refractivity contribution is -0.132. The molecule has 0 fully saturated rings. The van der Waals surface area contributed by atoms with E-state index in [-0.39, 0.29) is 30.9 Å². The first-order chi connectivity index (χ1) is 12.5. The first-order valence-corrected chi connectivity index (χ1v) is 8.96. The number of para-hydroxylation sites is 2. The molecule has 1 atom stereocenters. The number of likely N-dealkylation sites (N-methyl/N-ethyl adjacent to an activating group) is 1. The van der Waals surface area contributed by atoms with Gasteiger partial charge in [-0.05, 0) is 37.1 Å². The highest BCUT2D eigenvalue weighted by Crippen LogP contribution is 2.31. The van der Waals surface area contributed by atoms with Gasteiger partial charge in [0.2, 0.25) is 11.8 Å². The largest absolute Gasteiger partial charge is 0.359 e. The molecule has 0 saturated carbocycles. The number of nitrogens with zero attached hydrogens (tertiary/aromatic N) is 2. The zero-order valence-corrected chi connectivity index (χ0v) is 15.7. The second-order valence-electron chi connectivity index (χ2n) is 6.59. The van der Waals surface area contributed by atoms with Crippen LogP contribution in [0.1, 0.15) is 12.5 Å². The van der Waals surface area contributed by atoms with Crippen molar-refractivity contribution in [2.75, 3.05) is 30.4 Å². The van der Waals surface area contributed by atoms with Crippen LogP contribution in [0.4, 0.5) is 11.4 Å². The average Bonchev–Trinajstić information content (AvgIpc) is 2.92. The van der Waals surface area contributed by atoms with Gasteiger partial charge in [-0.2, -0.15) is 0 Å². The summed E-state index contributed by atoms with van der Waals surface area (Å²) in [4.78, 5) is 28.3. The summed E-state index contributed by atoms with van der Waals surface area (Å²) < 4.78 is 0. The second kappa shape index (κ2) is 7.79. The number of benzene rings is 2. The Bertz CT molecular complexity index is 824. The van der Waals surface area contributed by atoms with Crippen LogP contribution in [0.15, 0.2) is 48.5 Å². The Labute approximate surface area is 158 Å². The summed E-state index contributed by atoms with van der Waals surface area (Å²) in [6.07, 6.45) is 0.931. The van der Waals surface area contributed by atoms with Crippen LogP contribution in [0.25, 0.3) is 0 Å². The molecule has 2 aromatic rings. The minimum atomic E-state index is -0.274. The fourth-order valence-corrected chi connectivity index (χ4v) is 3.38. The van der Waals surface area contributed by atoms with Crippen LogP contribution < -0.4 is 10.2 Å². The van der Waals surface area contributed by atoms with Gasteiger partial charge in [0.15, 0.2) is 0 Å². The van der Waals surface area contributed by atoms with Crippen molar-refractivity contribution >= 4 is 34.8 Å². The summed E-state index contributed by atoms with van der Waals surface area (Å²) in [5, 5.41) is 3.21. The molecule has 1 aliphatic heterocycles. The van der Waals surface area contributed by atoms with E-state index >= 15 is 0 Å². The summed E-state index contributed by atoms with van der Waals surface area (Å²) in [7, 11) is 1.64. The predicted molar refractivity (Wildman–Crippen MR) is 105 cm³/mol. The Kier molecular flexibility index (Phi) is 5.47. The molecule has 3 rings (SSSR count). The monoisotopic (exact) mass is 371 g/mol. The van der Waals surface area contributed by atoms with Crippen molar-refractivity contribution in [3.63, 3.8) is 0 Å². The van der Waals surface area contributed by atoms with Gasteiger partial charge >= 0.3 is 0 Å². The summed E-state index contributed by atoms with van der Waals surface area (Å²) in [6, 6.07) is 15.4. The molecule has 26 heavy (non-hydrogen) atoms. The number of hydrogen-bond donors (Lipinski definition) is 1. The Hall–Kier alpha value is -2.53. The lowest BCUT2D eigenvalue weighted by Gasteiger charge is -2.27. The molecule has 1 heterocycles. The highest BCUT2D eigenvalue weighted by atomic mass is 35.5. The SMILES string of the molecule is C[C@H]1Cc2ccccc2N1CC(=O)N(C)CC(=O)Nc1ccccc1Cl. The summed E-state index contributed by atoms with van der Waals surface area (Å²) >= 11 is 6.04. The topological polar surface area (TPSA) is 52.7 Å². The number of fused-ring (bicyclic) bond motifs is 1. The Balaban J connectivity index is 1.58. The fourth-order valence-electron chi connectivity index (χ4n) is 3.19. The summed E-state index contributed by atoms with van der Waals surface area (Å²) in [5.41, 5.74) is 2.90. The lowest BCUT2D eigenvalue weighted by Crippen LogP contribution is -2.43. The standard InChI is InChI=1S/C20H22ClN3O2/c1-14-11-15-7-3-6-10-18(15)24(14)13-20(26)23(2)12-19(25)22-17-9-5-4-8-16(17)21/h3-10,14H,11-13H2,1-2H3,(H,22,25)/t14-/m0/s1. The average molecular weight is 372 g/mol. The molecule has 0 unspecified atom stereocenters. The molecule has 1 N–H and O–H groups in total. The number of amides is 2. The first kappa shape index (κ1) is 18.3. The minimum absolute atomic E-state index is 0.0199. The molecule has 0 radical (unpaired) electrons. The van der Waals surface area contributed by atoms with Crippen LogP contribution in [0.5, 0.6) is 0 Å². The van der Waals surface area contributed by atoms with Crippen molar-refractivity contribution in [3.05, 3.63) is 59.1 Å². The van der Waals surface area contributed by atoms with Gasteiger partial charge < -0.3 is 15.1 Å². The zero-order valence-electron chi connectivity index (χ0n) is 14.9. The number of carbonyl (C=O) groups is 2. The number of hydrogen-bond acceptors (Lipinski definition) is 3. The van der Waals surface area contributed by atoms with E-state index in [0.717, 1.165) is 12.1 Å². The quantitative estimate of drug-likeness (QED) is 0.878. The molecule has 0 spiro atoms. The van der Waals surface area contributed by atoms with E-state index in [1.54, 1.807) is 31.3 Å². The van der Waals surface area contributed by atoms with Gasteiger partial charge in [0.05, 0.1) is 23.8 Å². The van der Waals surface area contributed by atoms with Crippen molar-refractivity contribution in [2.45, 2.75) is 19.4 Å². The number of anilines is 2. The van der Waals surface area contributed by atoms with E-state index in [4.69, 9.17) is 11.6 Å². The third-order valence-corrected chi connectivity index (χ3v) is 4.94. The van der Waals surface area contributed by atoms with Crippen LogP contribution in [-0.4, -0.2) is 42.9 Å². The number of rotatable bonds is 5. The van der Waals surface area contributed by atoms with Crippen molar-refractivity contribution in [1.29, 1.82) is 0 Å². The second-order valence-corrected chi connectivity index (χ2v) is 6.99. The predicted octanol–water partition coefficient (Wildman–Crippen LogP) is 3.19. The molecular formula is C20H22ClN3O2. The summed E-state index contributed by atoms with van der Waals surface area (Å²) in [5.74, 6) is -0.369. The van der Waals surface area contributed by atoms with Crippen LogP contribution in [0.2, 0.25) is 5.02 Å². The molecule has 5 nitrogen and oxygen atoms in total. The van der Waals surface area contributed by atoms with Gasteiger partial charge in [-0.3, -0.25) is 9.59 Å². The smallest absolute Gasteiger partial charge is 0.244 e.